The van der Waals surface area contributed by atoms with Gasteiger partial charge in [0, 0.05) is 11.3 Å². The zero-order valence-corrected chi connectivity index (χ0v) is 12.5. The van der Waals surface area contributed by atoms with Crippen molar-refractivity contribution in [3.8, 4) is 0 Å². The van der Waals surface area contributed by atoms with Gasteiger partial charge in [0.25, 0.3) is 5.76 Å². The fourth-order valence-corrected chi connectivity index (χ4v) is 1.99. The first-order valence-corrected chi connectivity index (χ1v) is 7.93. The van der Waals surface area contributed by atoms with E-state index in [2.05, 4.69) is 25.4 Å². The topological polar surface area (TPSA) is 25.2 Å². The van der Waals surface area contributed by atoms with Crippen LogP contribution in [0.5, 0.6) is 0 Å². The second-order valence-electron chi connectivity index (χ2n) is 4.51. The van der Waals surface area contributed by atoms with Crippen molar-refractivity contribution in [1.29, 1.82) is 0 Å². The highest BCUT2D eigenvalue weighted by Crippen LogP contribution is 2.22. The van der Waals surface area contributed by atoms with E-state index in [9.17, 15) is 8.78 Å². The predicted octanol–water partition coefficient (Wildman–Crippen LogP) is 3.97. The maximum Gasteiger partial charge on any atom is 0.284 e. The Labute approximate surface area is 115 Å². The van der Waals surface area contributed by atoms with Crippen LogP contribution in [0.1, 0.15) is 25.4 Å². The van der Waals surface area contributed by atoms with Crippen LogP contribution in [0, 0.1) is 0 Å². The summed E-state index contributed by atoms with van der Waals surface area (Å²) in [5.41, 5.74) is 0. The molecule has 0 aliphatic heterocycles. The fraction of sp³-hybridized carbons (Fsp3) is 0.667. The number of rotatable bonds is 8. The molecule has 0 fully saturated rings. The number of thioether (sulfide) groups is 2. The highest BCUT2D eigenvalue weighted by molar-refractivity contribution is 8.00. The van der Waals surface area contributed by atoms with Crippen LogP contribution in [-0.2, 0) is 12.3 Å². The van der Waals surface area contributed by atoms with Gasteiger partial charge in [0.1, 0.15) is 11.5 Å². The number of nitrogens with one attached hydrogen (secondary N) is 1. The zero-order chi connectivity index (χ0) is 13.6. The predicted molar refractivity (Wildman–Crippen MR) is 75.3 cm³/mol. The van der Waals surface area contributed by atoms with Gasteiger partial charge in [0.15, 0.2) is 0 Å². The van der Waals surface area contributed by atoms with Gasteiger partial charge < -0.3 is 9.73 Å². The molecule has 0 aliphatic rings. The minimum atomic E-state index is -2.35. The van der Waals surface area contributed by atoms with E-state index in [1.807, 2.05) is 6.07 Å². The summed E-state index contributed by atoms with van der Waals surface area (Å²) in [6, 6.07) is 3.59. The number of furan rings is 1. The van der Waals surface area contributed by atoms with Crippen LogP contribution in [0.3, 0.4) is 0 Å². The largest absolute Gasteiger partial charge is 0.464 e. The molecule has 0 saturated heterocycles. The van der Waals surface area contributed by atoms with Crippen molar-refractivity contribution in [2.24, 2.45) is 0 Å². The van der Waals surface area contributed by atoms with Crippen LogP contribution < -0.4 is 5.32 Å². The second-order valence-corrected chi connectivity index (χ2v) is 7.00. The van der Waals surface area contributed by atoms with Crippen molar-refractivity contribution in [2.75, 3.05) is 12.8 Å². The van der Waals surface area contributed by atoms with Crippen molar-refractivity contribution < 1.29 is 13.2 Å². The van der Waals surface area contributed by atoms with Gasteiger partial charge in [-0.3, -0.25) is 0 Å². The highest BCUT2D eigenvalue weighted by atomic mass is 32.2. The number of hydrogen-bond acceptors (Lipinski definition) is 4. The monoisotopic (exact) mass is 295 g/mol. The van der Waals surface area contributed by atoms with Crippen LogP contribution >= 0.6 is 23.5 Å². The fourth-order valence-electron chi connectivity index (χ4n) is 1.30. The first kappa shape index (κ1) is 15.9. The molecular weight excluding hydrogens is 276 g/mol. The molecule has 1 heterocycles. The van der Waals surface area contributed by atoms with Crippen LogP contribution in [-0.4, -0.2) is 23.3 Å². The number of alkyl halides is 2. The third-order valence-electron chi connectivity index (χ3n) is 2.47. The molecule has 6 heteroatoms. The smallest absolute Gasteiger partial charge is 0.284 e. The molecule has 18 heavy (non-hydrogen) atoms. The second kappa shape index (κ2) is 7.40. The van der Waals surface area contributed by atoms with E-state index in [0.29, 0.717) is 24.1 Å². The Bertz CT molecular complexity index is 356. The van der Waals surface area contributed by atoms with Crippen LogP contribution in [0.15, 0.2) is 16.5 Å². The first-order chi connectivity index (χ1) is 8.43. The maximum atomic E-state index is 12.0. The molecule has 104 valence electrons. The minimum absolute atomic E-state index is 0.181. The molecule has 2 nitrogen and oxygen atoms in total. The summed E-state index contributed by atoms with van der Waals surface area (Å²) in [6.07, 6.45) is 2.08. The van der Waals surface area contributed by atoms with Crippen molar-refractivity contribution in [1.82, 2.24) is 5.32 Å². The summed E-state index contributed by atoms with van der Waals surface area (Å²) in [5.74, 6) is -0.745. The Morgan fingerprint density at radius 1 is 1.33 bits per heavy atom. The molecule has 0 aromatic carbocycles. The lowest BCUT2D eigenvalue weighted by Gasteiger charge is -2.21. The van der Waals surface area contributed by atoms with Gasteiger partial charge in [-0.25, -0.2) is 0 Å². The summed E-state index contributed by atoms with van der Waals surface area (Å²) < 4.78 is 29.7. The quantitative estimate of drug-likeness (QED) is 0.784. The van der Waals surface area contributed by atoms with Gasteiger partial charge in [-0.15, -0.1) is 0 Å². The number of hydrogen-bond donors (Lipinski definition) is 1. The number of halogens is 2. The Balaban J connectivity index is 2.31. The van der Waals surface area contributed by atoms with Gasteiger partial charge in [-0.1, -0.05) is 11.8 Å². The Morgan fingerprint density at radius 2 is 2.00 bits per heavy atom. The lowest BCUT2D eigenvalue weighted by atomic mass is 10.2. The van der Waals surface area contributed by atoms with E-state index in [0.717, 1.165) is 12.3 Å². The maximum absolute atomic E-state index is 12.0. The standard InChI is InChI=1S/C12H19F2NOS2/c1-12(2,17-3)8-15-6-9-4-5-10(16-9)7-18-11(13)14/h4-5,11,15H,6-8H2,1-3H3. The Hall–Kier alpha value is -0.200. The van der Waals surface area contributed by atoms with Crippen LogP contribution in [0.2, 0.25) is 0 Å². The molecule has 0 radical (unpaired) electrons. The lowest BCUT2D eigenvalue weighted by Crippen LogP contribution is -2.31. The van der Waals surface area contributed by atoms with E-state index in [4.69, 9.17) is 4.42 Å². The summed E-state index contributed by atoms with van der Waals surface area (Å²) in [6.45, 7) is 5.83. The van der Waals surface area contributed by atoms with Crippen molar-refractivity contribution in [3.63, 3.8) is 0 Å². The third kappa shape index (κ3) is 6.11. The normalized spacial score (nSPS) is 12.3. The minimum Gasteiger partial charge on any atom is -0.464 e. The SMILES string of the molecule is CSC(C)(C)CNCc1ccc(CSC(F)F)o1. The van der Waals surface area contributed by atoms with Crippen molar-refractivity contribution in [3.05, 3.63) is 23.7 Å². The molecule has 1 aromatic rings. The van der Waals surface area contributed by atoms with Crippen LogP contribution in [0.25, 0.3) is 0 Å². The Kier molecular flexibility index (Phi) is 6.52. The summed E-state index contributed by atoms with van der Waals surface area (Å²) in [5, 5.41) is 3.30. The van der Waals surface area contributed by atoms with Crippen molar-refractivity contribution in [2.45, 2.75) is 36.6 Å². The summed E-state index contributed by atoms with van der Waals surface area (Å²) >= 11 is 2.38. The average molecular weight is 295 g/mol. The molecule has 1 N–H and O–H groups in total. The van der Waals surface area contributed by atoms with E-state index in [-0.39, 0.29) is 10.5 Å². The molecule has 1 rings (SSSR count). The molecule has 0 bridgehead atoms. The van der Waals surface area contributed by atoms with E-state index >= 15 is 0 Å². The van der Waals surface area contributed by atoms with Crippen molar-refractivity contribution >= 4 is 23.5 Å². The van der Waals surface area contributed by atoms with Gasteiger partial charge in [0.2, 0.25) is 0 Å². The van der Waals surface area contributed by atoms with Gasteiger partial charge in [-0.05, 0) is 32.2 Å². The van der Waals surface area contributed by atoms with E-state index in [1.165, 1.54) is 0 Å². The molecule has 0 saturated carbocycles. The molecular formula is C12H19F2NOS2. The van der Waals surface area contributed by atoms with E-state index in [1.54, 1.807) is 17.8 Å². The molecule has 0 unspecified atom stereocenters. The molecule has 1 aromatic heterocycles. The summed E-state index contributed by atoms with van der Waals surface area (Å²) in [7, 11) is 0. The average Bonchev–Trinajstić information content (AvgIpc) is 2.74. The van der Waals surface area contributed by atoms with E-state index < -0.39 is 5.76 Å². The highest BCUT2D eigenvalue weighted by Gasteiger charge is 2.15. The lowest BCUT2D eigenvalue weighted by molar-refractivity contribution is 0.251. The molecule has 0 aliphatic carbocycles. The summed E-state index contributed by atoms with van der Waals surface area (Å²) in [4.78, 5) is 0. The van der Waals surface area contributed by atoms with Gasteiger partial charge in [-0.2, -0.15) is 20.5 Å². The Morgan fingerprint density at radius 3 is 2.61 bits per heavy atom. The zero-order valence-electron chi connectivity index (χ0n) is 10.8. The van der Waals surface area contributed by atoms with Gasteiger partial charge in [0.05, 0.1) is 12.3 Å². The molecule has 0 amide bonds. The third-order valence-corrected chi connectivity index (χ3v) is 4.42. The van der Waals surface area contributed by atoms with Gasteiger partial charge >= 0.3 is 0 Å². The first-order valence-electron chi connectivity index (χ1n) is 5.66. The molecule has 0 atom stereocenters. The molecule has 0 spiro atoms. The van der Waals surface area contributed by atoms with Crippen LogP contribution in [0.4, 0.5) is 8.78 Å².